The van der Waals surface area contributed by atoms with Crippen LogP contribution in [0.5, 0.6) is 5.88 Å². The molecule has 0 spiro atoms. The van der Waals surface area contributed by atoms with E-state index < -0.39 is 12.6 Å². The summed E-state index contributed by atoms with van der Waals surface area (Å²) in [5.41, 5.74) is 1.74. The lowest BCUT2D eigenvalue weighted by molar-refractivity contribution is -0.139. The van der Waals surface area contributed by atoms with Gasteiger partial charge in [-0.2, -0.15) is 0 Å². The Morgan fingerprint density at radius 3 is 2.89 bits per heavy atom. The molecule has 2 rings (SSSR count). The van der Waals surface area contributed by atoms with Gasteiger partial charge in [-0.25, -0.2) is 9.48 Å². The van der Waals surface area contributed by atoms with Gasteiger partial charge in [0.25, 0.3) is 0 Å². The molecule has 0 aliphatic heterocycles. The minimum absolute atomic E-state index is 0.297. The van der Waals surface area contributed by atoms with Crippen LogP contribution in [0.4, 0.5) is 0 Å². The van der Waals surface area contributed by atoms with Crippen molar-refractivity contribution >= 4 is 21.9 Å². The Balaban J connectivity index is 2.30. The first-order valence-corrected chi connectivity index (χ1v) is 6.03. The van der Waals surface area contributed by atoms with Crippen molar-refractivity contribution in [3.8, 4) is 11.6 Å². The number of para-hydroxylation sites is 1. The molecule has 1 aromatic carbocycles. The second-order valence-electron chi connectivity index (χ2n) is 3.67. The van der Waals surface area contributed by atoms with E-state index in [1.165, 1.54) is 0 Å². The molecule has 1 heterocycles. The normalized spacial score (nSPS) is 10.3. The van der Waals surface area contributed by atoms with E-state index in [2.05, 4.69) is 21.0 Å². The summed E-state index contributed by atoms with van der Waals surface area (Å²) in [6.07, 6.45) is 0. The maximum atomic E-state index is 10.4. The Labute approximate surface area is 112 Å². The molecule has 0 fully saturated rings. The minimum atomic E-state index is -1.02. The van der Waals surface area contributed by atoms with Crippen molar-refractivity contribution in [1.82, 2.24) is 9.78 Å². The molecule has 0 saturated carbocycles. The van der Waals surface area contributed by atoms with Crippen molar-refractivity contribution in [1.29, 1.82) is 0 Å². The second-order valence-corrected chi connectivity index (χ2v) is 4.52. The Morgan fingerprint density at radius 2 is 2.22 bits per heavy atom. The predicted molar refractivity (Wildman–Crippen MR) is 69.1 cm³/mol. The molecule has 94 valence electrons. The number of carboxylic acids is 1. The molecule has 0 unspecified atom stereocenters. The molecule has 0 saturated heterocycles. The van der Waals surface area contributed by atoms with Crippen LogP contribution in [0.25, 0.3) is 5.69 Å². The SMILES string of the molecule is Cc1cc(OCC(=O)O)nn1-c1ccccc1Br. The van der Waals surface area contributed by atoms with Gasteiger partial charge in [0.05, 0.1) is 5.69 Å². The van der Waals surface area contributed by atoms with E-state index in [4.69, 9.17) is 9.84 Å². The lowest BCUT2D eigenvalue weighted by Crippen LogP contribution is -2.10. The van der Waals surface area contributed by atoms with Gasteiger partial charge in [-0.1, -0.05) is 12.1 Å². The van der Waals surface area contributed by atoms with Crippen LogP contribution in [0, 0.1) is 6.92 Å². The van der Waals surface area contributed by atoms with Crippen molar-refractivity contribution in [3.05, 3.63) is 40.5 Å². The number of ether oxygens (including phenoxy) is 1. The third kappa shape index (κ3) is 2.70. The van der Waals surface area contributed by atoms with Gasteiger partial charge in [-0.15, -0.1) is 5.10 Å². The van der Waals surface area contributed by atoms with E-state index in [0.29, 0.717) is 5.88 Å². The fraction of sp³-hybridized carbons (Fsp3) is 0.167. The smallest absolute Gasteiger partial charge is 0.341 e. The Bertz CT molecular complexity index is 580. The topological polar surface area (TPSA) is 64.3 Å². The fourth-order valence-electron chi connectivity index (χ4n) is 1.52. The van der Waals surface area contributed by atoms with E-state index in [9.17, 15) is 4.79 Å². The highest BCUT2D eigenvalue weighted by Gasteiger charge is 2.10. The molecule has 0 amide bonds. The summed E-state index contributed by atoms with van der Waals surface area (Å²) >= 11 is 3.44. The summed E-state index contributed by atoms with van der Waals surface area (Å²) < 4.78 is 7.64. The third-order valence-electron chi connectivity index (χ3n) is 2.29. The molecule has 1 aromatic heterocycles. The van der Waals surface area contributed by atoms with Gasteiger partial charge in [0.2, 0.25) is 5.88 Å². The second kappa shape index (κ2) is 5.22. The van der Waals surface area contributed by atoms with Crippen molar-refractivity contribution < 1.29 is 14.6 Å². The quantitative estimate of drug-likeness (QED) is 0.942. The van der Waals surface area contributed by atoms with Crippen molar-refractivity contribution in [2.75, 3.05) is 6.61 Å². The van der Waals surface area contributed by atoms with Gasteiger partial charge in [0, 0.05) is 16.2 Å². The summed E-state index contributed by atoms with van der Waals surface area (Å²) in [6, 6.07) is 9.33. The highest BCUT2D eigenvalue weighted by atomic mass is 79.9. The molecule has 5 nitrogen and oxygen atoms in total. The van der Waals surface area contributed by atoms with Crippen LogP contribution in [0.15, 0.2) is 34.8 Å². The summed E-state index contributed by atoms with van der Waals surface area (Å²) in [5, 5.41) is 12.8. The molecule has 0 bridgehead atoms. The lowest BCUT2D eigenvalue weighted by atomic mass is 10.3. The first-order chi connectivity index (χ1) is 8.58. The number of aryl methyl sites for hydroxylation is 1. The van der Waals surface area contributed by atoms with Crippen LogP contribution in [0.1, 0.15) is 5.69 Å². The van der Waals surface area contributed by atoms with Crippen LogP contribution in [-0.4, -0.2) is 27.5 Å². The number of aliphatic carboxylic acids is 1. The van der Waals surface area contributed by atoms with E-state index in [1.54, 1.807) is 10.7 Å². The number of nitrogens with zero attached hydrogens (tertiary/aromatic N) is 2. The van der Waals surface area contributed by atoms with E-state index in [1.807, 2.05) is 31.2 Å². The number of benzene rings is 1. The van der Waals surface area contributed by atoms with Crippen LogP contribution in [0.3, 0.4) is 0 Å². The zero-order chi connectivity index (χ0) is 13.1. The summed E-state index contributed by atoms with van der Waals surface area (Å²) in [7, 11) is 0. The number of rotatable bonds is 4. The molecule has 0 radical (unpaired) electrons. The average Bonchev–Trinajstić information content (AvgIpc) is 2.69. The molecular formula is C12H11BrN2O3. The number of carboxylic acid groups (broad SMARTS) is 1. The minimum Gasteiger partial charge on any atom is -0.479 e. The first kappa shape index (κ1) is 12.6. The maximum Gasteiger partial charge on any atom is 0.341 e. The number of hydrogen-bond donors (Lipinski definition) is 1. The number of aromatic nitrogens is 2. The maximum absolute atomic E-state index is 10.4. The molecular weight excluding hydrogens is 300 g/mol. The number of hydrogen-bond acceptors (Lipinski definition) is 3. The standard InChI is InChI=1S/C12H11BrN2O3/c1-8-6-11(18-7-12(16)17)14-15(8)10-5-3-2-4-9(10)13/h2-6H,7H2,1H3,(H,16,17). The van der Waals surface area contributed by atoms with Crippen molar-refractivity contribution in [3.63, 3.8) is 0 Å². The van der Waals surface area contributed by atoms with Gasteiger partial charge in [-0.05, 0) is 35.0 Å². The zero-order valence-corrected chi connectivity index (χ0v) is 11.2. The predicted octanol–water partition coefficient (Wildman–Crippen LogP) is 2.41. The Kier molecular flexibility index (Phi) is 3.66. The van der Waals surface area contributed by atoms with Crippen molar-refractivity contribution in [2.24, 2.45) is 0 Å². The molecule has 0 aliphatic carbocycles. The van der Waals surface area contributed by atoms with E-state index in [0.717, 1.165) is 15.9 Å². The summed E-state index contributed by atoms with van der Waals surface area (Å²) in [5.74, 6) is -0.728. The monoisotopic (exact) mass is 310 g/mol. The molecule has 18 heavy (non-hydrogen) atoms. The molecule has 0 atom stereocenters. The van der Waals surface area contributed by atoms with E-state index >= 15 is 0 Å². The van der Waals surface area contributed by atoms with E-state index in [-0.39, 0.29) is 0 Å². The Hall–Kier alpha value is -1.82. The van der Waals surface area contributed by atoms with Gasteiger partial charge in [-0.3, -0.25) is 0 Å². The summed E-state index contributed by atoms with van der Waals surface area (Å²) in [4.78, 5) is 10.4. The lowest BCUT2D eigenvalue weighted by Gasteiger charge is -2.05. The zero-order valence-electron chi connectivity index (χ0n) is 9.63. The van der Waals surface area contributed by atoms with Crippen LogP contribution < -0.4 is 4.74 Å². The number of carbonyl (C=O) groups is 1. The molecule has 1 N–H and O–H groups in total. The van der Waals surface area contributed by atoms with Crippen LogP contribution in [-0.2, 0) is 4.79 Å². The largest absolute Gasteiger partial charge is 0.479 e. The molecule has 0 aliphatic rings. The van der Waals surface area contributed by atoms with Crippen LogP contribution in [0.2, 0.25) is 0 Å². The van der Waals surface area contributed by atoms with Gasteiger partial charge in [0.1, 0.15) is 0 Å². The van der Waals surface area contributed by atoms with Crippen molar-refractivity contribution in [2.45, 2.75) is 6.92 Å². The summed E-state index contributed by atoms with van der Waals surface area (Å²) in [6.45, 7) is 1.48. The first-order valence-electron chi connectivity index (χ1n) is 5.24. The van der Waals surface area contributed by atoms with Crippen LogP contribution >= 0.6 is 15.9 Å². The molecule has 2 aromatic rings. The third-order valence-corrected chi connectivity index (χ3v) is 2.96. The van der Waals surface area contributed by atoms with Gasteiger partial charge >= 0.3 is 5.97 Å². The fourth-order valence-corrected chi connectivity index (χ4v) is 1.97. The highest BCUT2D eigenvalue weighted by molar-refractivity contribution is 9.10. The van der Waals surface area contributed by atoms with Gasteiger partial charge in [0.15, 0.2) is 6.61 Å². The van der Waals surface area contributed by atoms with Gasteiger partial charge < -0.3 is 9.84 Å². The average molecular weight is 311 g/mol. The highest BCUT2D eigenvalue weighted by Crippen LogP contribution is 2.23. The number of halogens is 1. The molecule has 6 heteroatoms. The Morgan fingerprint density at radius 1 is 1.50 bits per heavy atom.